The largest absolute Gasteiger partial charge is 3.00 e. The number of hydrogen-bond donors (Lipinski definition) is 1. The summed E-state index contributed by atoms with van der Waals surface area (Å²) in [7, 11) is 0. The monoisotopic (exact) mass is 894 g/mol. The first-order valence-corrected chi connectivity index (χ1v) is 26.9. The first kappa shape index (κ1) is 69.9. The second-order valence-electron chi connectivity index (χ2n) is 18.2. The van der Waals surface area contributed by atoms with E-state index in [1.54, 1.807) is 0 Å². The molecule has 0 heterocycles. The minimum atomic E-state index is -0.903. The van der Waals surface area contributed by atoms with E-state index in [0.717, 1.165) is 38.5 Å². The quantitative estimate of drug-likeness (QED) is 0.0471. The van der Waals surface area contributed by atoms with Crippen molar-refractivity contribution >= 4 is 35.3 Å². The van der Waals surface area contributed by atoms with Gasteiger partial charge in [0.25, 0.3) is 0 Å². The SMILES string of the molecule is CCCCCCCCCCCCCCCCCC(=O)[O-].CCCCCCCCCCCCCCCCCC(=O)[O-].CCCCCCCCCCCCCCCCCC(=O)[O-].N.[Al+3]. The molecule has 62 heavy (non-hydrogen) atoms. The van der Waals surface area contributed by atoms with Crippen LogP contribution in [0.25, 0.3) is 0 Å². The van der Waals surface area contributed by atoms with Crippen LogP contribution in [0.3, 0.4) is 0 Å². The zero-order valence-electron chi connectivity index (χ0n) is 42.2. The van der Waals surface area contributed by atoms with E-state index in [2.05, 4.69) is 20.8 Å². The van der Waals surface area contributed by atoms with Crippen molar-refractivity contribution in [3.8, 4) is 0 Å². The van der Waals surface area contributed by atoms with Gasteiger partial charge in [-0.2, -0.15) is 0 Å². The Morgan fingerprint density at radius 2 is 0.323 bits per heavy atom. The number of rotatable bonds is 48. The summed E-state index contributed by atoms with van der Waals surface area (Å²) < 4.78 is 0. The second-order valence-corrected chi connectivity index (χ2v) is 18.2. The molecule has 0 unspecified atom stereocenters. The average molecular weight is 894 g/mol. The molecule has 0 aromatic rings. The van der Waals surface area contributed by atoms with Gasteiger partial charge in [0.1, 0.15) is 0 Å². The van der Waals surface area contributed by atoms with Gasteiger partial charge in [0.05, 0.1) is 0 Å². The van der Waals surface area contributed by atoms with E-state index >= 15 is 0 Å². The van der Waals surface area contributed by atoms with Gasteiger partial charge in [-0.1, -0.05) is 290 Å². The summed E-state index contributed by atoms with van der Waals surface area (Å²) in [5, 5.41) is 30.7. The van der Waals surface area contributed by atoms with Crippen LogP contribution in [0.5, 0.6) is 0 Å². The Hall–Kier alpha value is -1.10. The maximum absolute atomic E-state index is 10.2. The van der Waals surface area contributed by atoms with Crippen LogP contribution in [0.15, 0.2) is 0 Å². The Balaban J connectivity index is -0.000000258. The summed E-state index contributed by atoms with van der Waals surface area (Å²) in [4.78, 5) is 30.7. The van der Waals surface area contributed by atoms with E-state index in [9.17, 15) is 29.7 Å². The Morgan fingerprint density at radius 1 is 0.226 bits per heavy atom. The molecule has 0 aromatic carbocycles. The number of carbonyl (C=O) groups is 3. The zero-order chi connectivity index (χ0) is 44.7. The standard InChI is InChI=1S/3C18H36O2.Al.H3N/c3*1-2-3-4-5-6-7-8-9-10-11-12-13-14-15-16-17-18(19)20;;/h3*2-17H2,1H3,(H,19,20);;1H3/q;;;+3;/p-3. The maximum atomic E-state index is 10.2. The fourth-order valence-electron chi connectivity index (χ4n) is 7.92. The summed E-state index contributed by atoms with van der Waals surface area (Å²) >= 11 is 0. The van der Waals surface area contributed by atoms with Gasteiger partial charge in [0.2, 0.25) is 0 Å². The third-order valence-electron chi connectivity index (χ3n) is 12.0. The molecule has 0 amide bonds. The van der Waals surface area contributed by atoms with Crippen LogP contribution in [0.4, 0.5) is 0 Å². The molecule has 0 atom stereocenters. The van der Waals surface area contributed by atoms with Crippen molar-refractivity contribution in [1.82, 2.24) is 6.15 Å². The van der Waals surface area contributed by atoms with Crippen LogP contribution in [0, 0.1) is 0 Å². The molecule has 368 valence electrons. The van der Waals surface area contributed by atoms with Crippen molar-refractivity contribution in [3.05, 3.63) is 0 Å². The Bertz CT molecular complexity index is 724. The molecular formula is C54H108AlNO6. The molecule has 3 N–H and O–H groups in total. The zero-order valence-corrected chi connectivity index (χ0v) is 43.3. The summed E-state index contributed by atoms with van der Waals surface area (Å²) in [6, 6.07) is 0. The van der Waals surface area contributed by atoms with Crippen LogP contribution in [0.2, 0.25) is 0 Å². The Morgan fingerprint density at radius 3 is 0.419 bits per heavy atom. The van der Waals surface area contributed by atoms with Crippen LogP contribution in [0.1, 0.15) is 329 Å². The van der Waals surface area contributed by atoms with Crippen molar-refractivity contribution in [2.75, 3.05) is 0 Å². The van der Waals surface area contributed by atoms with Crippen molar-refractivity contribution in [1.29, 1.82) is 0 Å². The summed E-state index contributed by atoms with van der Waals surface area (Å²) in [5.74, 6) is -2.71. The van der Waals surface area contributed by atoms with Gasteiger partial charge in [-0.3, -0.25) is 0 Å². The van der Waals surface area contributed by atoms with Gasteiger partial charge in [0, 0.05) is 17.9 Å². The van der Waals surface area contributed by atoms with Crippen LogP contribution < -0.4 is 21.5 Å². The minimum absolute atomic E-state index is 0. The van der Waals surface area contributed by atoms with Crippen LogP contribution in [-0.4, -0.2) is 35.3 Å². The molecule has 0 rings (SSSR count). The van der Waals surface area contributed by atoms with Crippen molar-refractivity contribution < 1.29 is 29.7 Å². The number of unbranched alkanes of at least 4 members (excludes halogenated alkanes) is 42. The molecule has 0 radical (unpaired) electrons. The molecule has 0 fully saturated rings. The smallest absolute Gasteiger partial charge is 0.550 e. The van der Waals surface area contributed by atoms with Crippen molar-refractivity contribution in [2.45, 2.75) is 329 Å². The van der Waals surface area contributed by atoms with E-state index in [1.807, 2.05) is 0 Å². The summed E-state index contributed by atoms with van der Waals surface area (Å²) in [6.45, 7) is 6.80. The number of hydrogen-bond acceptors (Lipinski definition) is 7. The third-order valence-corrected chi connectivity index (χ3v) is 12.0. The molecule has 7 nitrogen and oxygen atoms in total. The number of carboxylic acids is 3. The molecule has 0 aliphatic carbocycles. The van der Waals surface area contributed by atoms with Crippen molar-refractivity contribution in [3.63, 3.8) is 0 Å². The van der Waals surface area contributed by atoms with Crippen molar-refractivity contribution in [2.24, 2.45) is 0 Å². The van der Waals surface area contributed by atoms with Gasteiger partial charge in [0.15, 0.2) is 0 Å². The molecule has 0 aliphatic heterocycles. The van der Waals surface area contributed by atoms with Gasteiger partial charge in [-0.25, -0.2) is 0 Å². The van der Waals surface area contributed by atoms with Gasteiger partial charge >= 0.3 is 17.4 Å². The molecule has 8 heteroatoms. The number of carboxylic acid groups (broad SMARTS) is 3. The Kier molecular flexibility index (Phi) is 75.0. The second kappa shape index (κ2) is 66.5. The number of aliphatic carboxylic acids is 3. The summed E-state index contributed by atoms with van der Waals surface area (Å²) in [6.07, 6.45) is 59.6. The first-order valence-electron chi connectivity index (χ1n) is 26.9. The van der Waals surface area contributed by atoms with E-state index in [-0.39, 0.29) is 42.8 Å². The normalized spacial score (nSPS) is 10.5. The van der Waals surface area contributed by atoms with Gasteiger partial charge < -0.3 is 35.9 Å². The van der Waals surface area contributed by atoms with Crippen LogP contribution >= 0.6 is 0 Å². The minimum Gasteiger partial charge on any atom is -0.550 e. The van der Waals surface area contributed by atoms with Crippen LogP contribution in [-0.2, 0) is 14.4 Å². The fourth-order valence-corrected chi connectivity index (χ4v) is 7.92. The molecule has 0 aromatic heterocycles. The predicted octanol–water partition coefficient (Wildman–Crippen LogP) is 14.8. The Labute approximate surface area is 398 Å². The molecule has 0 saturated carbocycles. The first-order chi connectivity index (χ1) is 29.3. The average Bonchev–Trinajstić information content (AvgIpc) is 3.22. The van der Waals surface area contributed by atoms with Gasteiger partial charge in [-0.05, 0) is 38.5 Å². The molecular weight excluding hydrogens is 786 g/mol. The predicted molar refractivity (Wildman–Crippen MR) is 264 cm³/mol. The van der Waals surface area contributed by atoms with E-state index in [4.69, 9.17) is 0 Å². The topological polar surface area (TPSA) is 155 Å². The molecule has 0 aliphatic rings. The molecule has 0 bridgehead atoms. The number of carbonyl (C=O) groups excluding carboxylic acids is 3. The third kappa shape index (κ3) is 79.3. The van der Waals surface area contributed by atoms with E-state index in [0.29, 0.717) is 0 Å². The molecule has 0 spiro atoms. The van der Waals surface area contributed by atoms with Gasteiger partial charge in [-0.15, -0.1) is 0 Å². The molecule has 0 saturated heterocycles. The fraction of sp³-hybridized carbons (Fsp3) is 0.944. The van der Waals surface area contributed by atoms with E-state index < -0.39 is 17.9 Å². The summed E-state index contributed by atoms with van der Waals surface area (Å²) in [5.41, 5.74) is 0. The van der Waals surface area contributed by atoms with E-state index in [1.165, 1.54) is 250 Å². The maximum Gasteiger partial charge on any atom is 3.00 e.